The zero-order valence-electron chi connectivity index (χ0n) is 11.8. The third-order valence-electron chi connectivity index (χ3n) is 3.22. The van der Waals surface area contributed by atoms with E-state index >= 15 is 0 Å². The lowest BCUT2D eigenvalue weighted by Gasteiger charge is -2.15. The number of halogens is 3. The number of phenolic OH excluding ortho intramolecular Hbond substituents is 1. The molecule has 8 heteroatoms. The average molecular weight is 417 g/mol. The molecule has 1 aliphatic rings. The minimum absolute atomic E-state index is 0.0165. The number of carbonyl (C=O) groups is 1. The quantitative estimate of drug-likeness (QED) is 0.499. The molecule has 1 aliphatic heterocycles. The second-order valence-corrected chi connectivity index (χ2v) is 7.72. The van der Waals surface area contributed by atoms with Crippen LogP contribution >= 0.6 is 58.8 Å². The zero-order chi connectivity index (χ0) is 17.4. The number of phenols is 1. The van der Waals surface area contributed by atoms with E-state index in [1.807, 2.05) is 0 Å². The lowest BCUT2D eigenvalue weighted by Crippen LogP contribution is -2.27. The molecular weight excluding hydrogens is 409 g/mol. The number of nitrogens with zero attached hydrogens (tertiary/aromatic N) is 1. The number of hydrogen-bond acceptors (Lipinski definition) is 4. The number of aromatic hydroxyl groups is 1. The molecule has 0 aliphatic carbocycles. The molecule has 3 nitrogen and oxygen atoms in total. The summed E-state index contributed by atoms with van der Waals surface area (Å²) in [6, 6.07) is 9.58. The van der Waals surface area contributed by atoms with Gasteiger partial charge in [-0.05, 0) is 42.0 Å². The van der Waals surface area contributed by atoms with Gasteiger partial charge in [0.15, 0.2) is 4.32 Å². The van der Waals surface area contributed by atoms with E-state index in [0.29, 0.717) is 30.5 Å². The third-order valence-corrected chi connectivity index (χ3v) is 5.57. The van der Waals surface area contributed by atoms with Crippen molar-refractivity contribution >= 4 is 80.8 Å². The highest BCUT2D eigenvalue weighted by molar-refractivity contribution is 8.27. The number of hydrogen-bond donors (Lipinski definition) is 1. The standard InChI is InChI=1S/C16H8Cl3NO2S2/c17-10-3-2-9(7-11(10)18)20-15(22)14(24-16(20)23)6-8-1-4-13(21)12(19)5-8/h1-7,21H/b14-6-. The molecule has 1 saturated heterocycles. The second-order valence-electron chi connectivity index (χ2n) is 4.83. The molecule has 122 valence electrons. The van der Waals surface area contributed by atoms with Crippen LogP contribution < -0.4 is 4.90 Å². The van der Waals surface area contributed by atoms with Crippen molar-refractivity contribution in [2.75, 3.05) is 4.90 Å². The summed E-state index contributed by atoms with van der Waals surface area (Å²) >= 11 is 24.3. The molecule has 0 bridgehead atoms. The molecule has 3 rings (SSSR count). The maximum Gasteiger partial charge on any atom is 0.270 e. The zero-order valence-corrected chi connectivity index (χ0v) is 15.7. The Balaban J connectivity index is 1.94. The van der Waals surface area contributed by atoms with E-state index < -0.39 is 0 Å². The van der Waals surface area contributed by atoms with Gasteiger partial charge in [-0.2, -0.15) is 0 Å². The van der Waals surface area contributed by atoms with Gasteiger partial charge in [0.05, 0.1) is 25.7 Å². The van der Waals surface area contributed by atoms with E-state index in [1.165, 1.54) is 22.7 Å². The summed E-state index contributed by atoms with van der Waals surface area (Å²) < 4.78 is 0.398. The first kappa shape index (κ1) is 17.6. The lowest BCUT2D eigenvalue weighted by atomic mass is 10.2. The van der Waals surface area contributed by atoms with Gasteiger partial charge in [0.25, 0.3) is 5.91 Å². The molecule has 1 fully saturated rings. The van der Waals surface area contributed by atoms with Gasteiger partial charge in [-0.25, -0.2) is 0 Å². The SMILES string of the molecule is O=C1/C(=C/c2ccc(O)c(Cl)c2)SC(=S)N1c1ccc(Cl)c(Cl)c1. The molecule has 0 aromatic heterocycles. The minimum atomic E-state index is -0.257. The number of benzene rings is 2. The van der Waals surface area contributed by atoms with Crippen LogP contribution in [-0.2, 0) is 4.79 Å². The highest BCUT2D eigenvalue weighted by atomic mass is 35.5. The first-order valence-electron chi connectivity index (χ1n) is 6.58. The normalized spacial score (nSPS) is 16.3. The van der Waals surface area contributed by atoms with Gasteiger partial charge in [0.1, 0.15) is 5.75 Å². The van der Waals surface area contributed by atoms with Crippen LogP contribution in [-0.4, -0.2) is 15.3 Å². The molecule has 0 unspecified atom stereocenters. The van der Waals surface area contributed by atoms with E-state index in [0.717, 1.165) is 0 Å². The summed E-state index contributed by atoms with van der Waals surface area (Å²) in [4.78, 5) is 14.5. The molecular formula is C16H8Cl3NO2S2. The Bertz CT molecular complexity index is 899. The van der Waals surface area contributed by atoms with Crippen LogP contribution in [0, 0.1) is 0 Å². The van der Waals surface area contributed by atoms with Crippen LogP contribution in [0.4, 0.5) is 5.69 Å². The van der Waals surface area contributed by atoms with Crippen LogP contribution in [0.1, 0.15) is 5.56 Å². The predicted molar refractivity (Wildman–Crippen MR) is 105 cm³/mol. The van der Waals surface area contributed by atoms with Crippen molar-refractivity contribution in [3.05, 3.63) is 61.9 Å². The number of amides is 1. The molecule has 1 heterocycles. The van der Waals surface area contributed by atoms with Crippen molar-refractivity contribution in [2.24, 2.45) is 0 Å². The van der Waals surface area contributed by atoms with Crippen LogP contribution in [0.25, 0.3) is 6.08 Å². The summed E-state index contributed by atoms with van der Waals surface area (Å²) in [6.07, 6.45) is 1.67. The van der Waals surface area contributed by atoms with Crippen LogP contribution in [0.3, 0.4) is 0 Å². The predicted octanol–water partition coefficient (Wildman–Crippen LogP) is 5.76. The smallest absolute Gasteiger partial charge is 0.270 e. The average Bonchev–Trinajstić information content (AvgIpc) is 2.80. The fraction of sp³-hybridized carbons (Fsp3) is 0. The summed E-state index contributed by atoms with van der Waals surface area (Å²) in [7, 11) is 0. The van der Waals surface area contributed by atoms with Crippen molar-refractivity contribution in [1.29, 1.82) is 0 Å². The van der Waals surface area contributed by atoms with Gasteiger partial charge >= 0.3 is 0 Å². The van der Waals surface area contributed by atoms with E-state index in [1.54, 1.807) is 36.4 Å². The fourth-order valence-corrected chi connectivity index (χ4v) is 3.86. The molecule has 0 spiro atoms. The Kier molecular flexibility index (Phi) is 5.08. The first-order valence-corrected chi connectivity index (χ1v) is 8.94. The van der Waals surface area contributed by atoms with Crippen LogP contribution in [0.2, 0.25) is 15.1 Å². The summed E-state index contributed by atoms with van der Waals surface area (Å²) in [5.74, 6) is -0.273. The molecule has 0 saturated carbocycles. The van der Waals surface area contributed by atoms with E-state index in [9.17, 15) is 9.90 Å². The van der Waals surface area contributed by atoms with Crippen molar-refractivity contribution in [3.63, 3.8) is 0 Å². The third kappa shape index (κ3) is 3.41. The van der Waals surface area contributed by atoms with Gasteiger partial charge < -0.3 is 5.11 Å². The van der Waals surface area contributed by atoms with Gasteiger partial charge in [0.2, 0.25) is 0 Å². The Hall–Kier alpha value is -1.24. The van der Waals surface area contributed by atoms with Gasteiger partial charge in [-0.3, -0.25) is 9.69 Å². The van der Waals surface area contributed by atoms with Gasteiger partial charge in [-0.15, -0.1) is 0 Å². The number of rotatable bonds is 2. The number of thiocarbonyl (C=S) groups is 1. The fourth-order valence-electron chi connectivity index (χ4n) is 2.08. The summed E-state index contributed by atoms with van der Waals surface area (Å²) in [5, 5.41) is 10.4. The highest BCUT2D eigenvalue weighted by Crippen LogP contribution is 2.38. The molecule has 1 N–H and O–H groups in total. The number of carbonyl (C=O) groups excluding carboxylic acids is 1. The molecule has 2 aromatic rings. The van der Waals surface area contributed by atoms with Gasteiger partial charge in [-0.1, -0.05) is 64.8 Å². The monoisotopic (exact) mass is 415 g/mol. The Morgan fingerprint density at radius 2 is 1.79 bits per heavy atom. The van der Waals surface area contributed by atoms with E-state index in [4.69, 9.17) is 47.0 Å². The van der Waals surface area contributed by atoms with Crippen molar-refractivity contribution in [1.82, 2.24) is 0 Å². The Morgan fingerprint density at radius 3 is 2.46 bits per heavy atom. The number of anilines is 1. The van der Waals surface area contributed by atoms with E-state index in [-0.39, 0.29) is 16.7 Å². The highest BCUT2D eigenvalue weighted by Gasteiger charge is 2.33. The second kappa shape index (κ2) is 6.94. The first-order chi connectivity index (χ1) is 11.4. The van der Waals surface area contributed by atoms with Crippen molar-refractivity contribution in [3.8, 4) is 5.75 Å². The van der Waals surface area contributed by atoms with E-state index in [2.05, 4.69) is 0 Å². The van der Waals surface area contributed by atoms with Crippen molar-refractivity contribution < 1.29 is 9.90 Å². The Labute approximate surface area is 162 Å². The molecule has 0 radical (unpaired) electrons. The molecule has 0 atom stereocenters. The number of thioether (sulfide) groups is 1. The maximum absolute atomic E-state index is 12.7. The van der Waals surface area contributed by atoms with Crippen LogP contribution in [0.5, 0.6) is 5.75 Å². The molecule has 2 aromatic carbocycles. The van der Waals surface area contributed by atoms with Crippen molar-refractivity contribution in [2.45, 2.75) is 0 Å². The summed E-state index contributed by atoms with van der Waals surface area (Å²) in [6.45, 7) is 0. The largest absolute Gasteiger partial charge is 0.506 e. The molecule has 1 amide bonds. The molecule has 24 heavy (non-hydrogen) atoms. The Morgan fingerprint density at radius 1 is 1.04 bits per heavy atom. The van der Waals surface area contributed by atoms with Gasteiger partial charge in [0, 0.05) is 0 Å². The minimum Gasteiger partial charge on any atom is -0.506 e. The van der Waals surface area contributed by atoms with Crippen LogP contribution in [0.15, 0.2) is 41.3 Å². The topological polar surface area (TPSA) is 40.5 Å². The maximum atomic E-state index is 12.7. The lowest BCUT2D eigenvalue weighted by molar-refractivity contribution is -0.113. The summed E-state index contributed by atoms with van der Waals surface area (Å²) in [5.41, 5.74) is 1.24.